The van der Waals surface area contributed by atoms with Crippen LogP contribution in [0.4, 0.5) is 0 Å². The number of rotatable bonds is 7. The van der Waals surface area contributed by atoms with Crippen LogP contribution in [0.25, 0.3) is 5.82 Å². The Morgan fingerprint density at radius 2 is 1.74 bits per heavy atom. The fourth-order valence-electron chi connectivity index (χ4n) is 4.22. The van der Waals surface area contributed by atoms with Crippen molar-refractivity contribution in [3.8, 4) is 5.82 Å². The summed E-state index contributed by atoms with van der Waals surface area (Å²) < 4.78 is 29.5. The van der Waals surface area contributed by atoms with Crippen molar-refractivity contribution in [2.24, 2.45) is 0 Å². The summed E-state index contributed by atoms with van der Waals surface area (Å²) in [4.78, 5) is 19.6. The maximum Gasteiger partial charge on any atom is 0.257 e. The van der Waals surface area contributed by atoms with E-state index in [4.69, 9.17) is 0 Å². The van der Waals surface area contributed by atoms with Crippen LogP contribution in [0.5, 0.6) is 0 Å². The monoisotopic (exact) mass is 481 g/mol. The second kappa shape index (κ2) is 10.1. The average Bonchev–Trinajstić information content (AvgIpc) is 3.32. The first-order valence-corrected chi connectivity index (χ1v) is 13.2. The van der Waals surface area contributed by atoms with Crippen LogP contribution < -0.4 is 0 Å². The Labute approximate surface area is 201 Å². The van der Waals surface area contributed by atoms with E-state index in [2.05, 4.69) is 23.9 Å². The lowest BCUT2D eigenvalue weighted by Gasteiger charge is -2.34. The molecular formula is C25H31N5O3S. The Kier molecular flexibility index (Phi) is 7.13. The highest BCUT2D eigenvalue weighted by Crippen LogP contribution is 2.24. The van der Waals surface area contributed by atoms with Crippen molar-refractivity contribution in [3.05, 3.63) is 71.7 Å². The Bertz CT molecular complexity index is 1230. The van der Waals surface area contributed by atoms with Gasteiger partial charge in [-0.1, -0.05) is 39.0 Å². The lowest BCUT2D eigenvalue weighted by atomic mass is 9.99. The Morgan fingerprint density at radius 3 is 2.32 bits per heavy atom. The summed E-state index contributed by atoms with van der Waals surface area (Å²) in [7, 11) is -3.60. The number of pyridine rings is 1. The molecule has 1 aliphatic rings. The largest absolute Gasteiger partial charge is 0.336 e. The number of carbonyl (C=O) groups excluding carboxylic acids is 1. The fourth-order valence-corrected chi connectivity index (χ4v) is 5.65. The molecule has 34 heavy (non-hydrogen) atoms. The minimum Gasteiger partial charge on any atom is -0.336 e. The zero-order chi connectivity index (χ0) is 24.3. The van der Waals surface area contributed by atoms with Crippen LogP contribution >= 0.6 is 0 Å². The second-order valence-corrected chi connectivity index (χ2v) is 10.5. The SMILES string of the molecule is CCc1c(C(=O)N2CCN(S(=O)(=O)c3ccc(C(C)CC)cc3)CC2)cnn1-c1ccccn1. The topological polar surface area (TPSA) is 88.4 Å². The minimum absolute atomic E-state index is 0.131. The maximum atomic E-state index is 13.3. The van der Waals surface area contributed by atoms with Crippen LogP contribution in [0, 0.1) is 0 Å². The number of sulfonamides is 1. The van der Waals surface area contributed by atoms with E-state index >= 15 is 0 Å². The van der Waals surface area contributed by atoms with Gasteiger partial charge in [-0.2, -0.15) is 9.40 Å². The Morgan fingerprint density at radius 1 is 1.03 bits per heavy atom. The van der Waals surface area contributed by atoms with Crippen molar-refractivity contribution in [2.75, 3.05) is 26.2 Å². The van der Waals surface area contributed by atoms with Crippen LogP contribution in [0.3, 0.4) is 0 Å². The van der Waals surface area contributed by atoms with E-state index in [1.807, 2.05) is 37.3 Å². The fraction of sp³-hybridized carbons (Fsp3) is 0.400. The zero-order valence-electron chi connectivity index (χ0n) is 19.9. The molecule has 9 heteroatoms. The van der Waals surface area contributed by atoms with Gasteiger partial charge in [0.05, 0.1) is 22.3 Å². The third-order valence-corrected chi connectivity index (χ3v) is 8.44. The van der Waals surface area contributed by atoms with Gasteiger partial charge in [0.15, 0.2) is 5.82 Å². The maximum absolute atomic E-state index is 13.3. The van der Waals surface area contributed by atoms with Gasteiger partial charge in [0.1, 0.15) is 0 Å². The zero-order valence-corrected chi connectivity index (χ0v) is 20.7. The molecule has 0 radical (unpaired) electrons. The number of amides is 1. The lowest BCUT2D eigenvalue weighted by molar-refractivity contribution is 0.0696. The van der Waals surface area contributed by atoms with Gasteiger partial charge in [-0.05, 0) is 48.6 Å². The summed E-state index contributed by atoms with van der Waals surface area (Å²) in [5.74, 6) is 0.920. The van der Waals surface area contributed by atoms with Crippen molar-refractivity contribution >= 4 is 15.9 Å². The molecule has 0 spiro atoms. The second-order valence-electron chi connectivity index (χ2n) is 8.53. The number of aromatic nitrogens is 3. The summed E-state index contributed by atoms with van der Waals surface area (Å²) in [5, 5.41) is 4.39. The molecule has 180 valence electrons. The van der Waals surface area contributed by atoms with Crippen LogP contribution in [0.1, 0.15) is 54.7 Å². The first-order valence-electron chi connectivity index (χ1n) is 11.7. The third-order valence-electron chi connectivity index (χ3n) is 6.53. The number of nitrogens with zero attached hydrogens (tertiary/aromatic N) is 5. The molecular weight excluding hydrogens is 450 g/mol. The lowest BCUT2D eigenvalue weighted by Crippen LogP contribution is -2.50. The van der Waals surface area contributed by atoms with Crippen molar-refractivity contribution in [1.29, 1.82) is 0 Å². The van der Waals surface area contributed by atoms with E-state index in [1.165, 1.54) is 4.31 Å². The number of carbonyl (C=O) groups is 1. The van der Waals surface area contributed by atoms with Crippen LogP contribution in [-0.2, 0) is 16.4 Å². The summed E-state index contributed by atoms with van der Waals surface area (Å²) in [6.07, 6.45) is 4.90. The smallest absolute Gasteiger partial charge is 0.257 e. The highest BCUT2D eigenvalue weighted by molar-refractivity contribution is 7.89. The molecule has 1 saturated heterocycles. The van der Waals surface area contributed by atoms with Crippen molar-refractivity contribution in [3.63, 3.8) is 0 Å². The standard InChI is InChI=1S/C25H31N5O3S/c1-4-19(3)20-9-11-21(12-10-20)34(32,33)29-16-14-28(15-17-29)25(31)22-18-27-30(23(22)5-2)24-8-6-7-13-26-24/h6-13,18-19H,4-5,14-17H2,1-3H3. The van der Waals surface area contributed by atoms with Crippen LogP contribution in [0.2, 0.25) is 0 Å². The number of hydrogen-bond acceptors (Lipinski definition) is 5. The molecule has 3 aromatic rings. The van der Waals surface area contributed by atoms with E-state index in [1.54, 1.807) is 34.1 Å². The Balaban J connectivity index is 1.46. The number of benzene rings is 1. The molecule has 3 heterocycles. The van der Waals surface area contributed by atoms with Crippen molar-refractivity contribution in [1.82, 2.24) is 24.0 Å². The van der Waals surface area contributed by atoms with Gasteiger partial charge >= 0.3 is 0 Å². The molecule has 1 amide bonds. The van der Waals surface area contributed by atoms with Gasteiger partial charge in [-0.15, -0.1) is 0 Å². The van der Waals surface area contributed by atoms with E-state index in [9.17, 15) is 13.2 Å². The Hall–Kier alpha value is -3.04. The molecule has 1 unspecified atom stereocenters. The summed E-state index contributed by atoms with van der Waals surface area (Å²) in [6, 6.07) is 12.7. The first kappa shape index (κ1) is 24.1. The molecule has 4 rings (SSSR count). The molecule has 2 aromatic heterocycles. The predicted molar refractivity (Wildman–Crippen MR) is 131 cm³/mol. The summed E-state index contributed by atoms with van der Waals surface area (Å²) in [6.45, 7) is 7.41. The highest BCUT2D eigenvalue weighted by Gasteiger charge is 2.32. The molecule has 1 aliphatic heterocycles. The molecule has 0 saturated carbocycles. The van der Waals surface area contributed by atoms with E-state index < -0.39 is 10.0 Å². The summed E-state index contributed by atoms with van der Waals surface area (Å²) >= 11 is 0. The van der Waals surface area contributed by atoms with Gasteiger partial charge in [0.2, 0.25) is 10.0 Å². The highest BCUT2D eigenvalue weighted by atomic mass is 32.2. The molecule has 0 N–H and O–H groups in total. The molecule has 1 atom stereocenters. The molecule has 0 bridgehead atoms. The normalized spacial score (nSPS) is 15.9. The molecule has 1 fully saturated rings. The van der Waals surface area contributed by atoms with Gasteiger partial charge in [0.25, 0.3) is 5.91 Å². The average molecular weight is 482 g/mol. The van der Waals surface area contributed by atoms with Crippen molar-refractivity contribution < 1.29 is 13.2 Å². The molecule has 1 aromatic carbocycles. The van der Waals surface area contributed by atoms with Crippen LogP contribution in [0.15, 0.2) is 59.8 Å². The molecule has 0 aliphatic carbocycles. The van der Waals surface area contributed by atoms with Crippen molar-refractivity contribution in [2.45, 2.75) is 44.4 Å². The number of piperazine rings is 1. The van der Waals surface area contributed by atoms with Gasteiger partial charge in [-0.3, -0.25) is 4.79 Å². The van der Waals surface area contributed by atoms with E-state index in [-0.39, 0.29) is 19.0 Å². The van der Waals surface area contributed by atoms with Gasteiger partial charge in [0, 0.05) is 32.4 Å². The minimum atomic E-state index is -3.60. The first-order chi connectivity index (χ1) is 16.4. The van der Waals surface area contributed by atoms with E-state index in [0.717, 1.165) is 17.7 Å². The van der Waals surface area contributed by atoms with Gasteiger partial charge in [-0.25, -0.2) is 18.1 Å². The molecule has 8 nitrogen and oxygen atoms in total. The quantitative estimate of drug-likeness (QED) is 0.515. The van der Waals surface area contributed by atoms with E-state index in [0.29, 0.717) is 41.7 Å². The van der Waals surface area contributed by atoms with Gasteiger partial charge < -0.3 is 4.90 Å². The predicted octanol–water partition coefficient (Wildman–Crippen LogP) is 3.49. The third kappa shape index (κ3) is 4.63. The van der Waals surface area contributed by atoms with Crippen LogP contribution in [-0.4, -0.2) is 64.5 Å². The number of hydrogen-bond donors (Lipinski definition) is 0. The summed E-state index contributed by atoms with van der Waals surface area (Å²) in [5.41, 5.74) is 2.46.